The van der Waals surface area contributed by atoms with Gasteiger partial charge < -0.3 is 15.4 Å². The second-order valence-electron chi connectivity index (χ2n) is 5.87. The normalized spacial score (nSPS) is 12.2. The van der Waals surface area contributed by atoms with E-state index in [1.807, 2.05) is 6.07 Å². The predicted molar refractivity (Wildman–Crippen MR) is 116 cm³/mol. The Kier molecular flexibility index (Phi) is 10.2. The summed E-state index contributed by atoms with van der Waals surface area (Å²) >= 11 is 0. The summed E-state index contributed by atoms with van der Waals surface area (Å²) in [7, 11) is 3.51. The van der Waals surface area contributed by atoms with Gasteiger partial charge in [-0.05, 0) is 22.6 Å². The Morgan fingerprint density at radius 2 is 1.64 bits per heavy atom. The molecule has 2 rings (SSSR count). The number of hydrogen-bond acceptors (Lipinski definition) is 2. The lowest BCUT2D eigenvalue weighted by Gasteiger charge is -2.16. The highest BCUT2D eigenvalue weighted by atomic mass is 127. The summed E-state index contributed by atoms with van der Waals surface area (Å²) in [6.07, 6.45) is 0. The van der Waals surface area contributed by atoms with Crippen LogP contribution in [0.15, 0.2) is 59.6 Å². The summed E-state index contributed by atoms with van der Waals surface area (Å²) < 4.78 is 5.13. The molecule has 0 bridgehead atoms. The van der Waals surface area contributed by atoms with Crippen molar-refractivity contribution in [2.45, 2.75) is 26.0 Å². The van der Waals surface area contributed by atoms with E-state index >= 15 is 0 Å². The van der Waals surface area contributed by atoms with Crippen LogP contribution in [-0.2, 0) is 17.9 Å². The second-order valence-corrected chi connectivity index (χ2v) is 5.87. The predicted octanol–water partition coefficient (Wildman–Crippen LogP) is 3.92. The summed E-state index contributed by atoms with van der Waals surface area (Å²) in [5, 5.41) is 6.74. The third kappa shape index (κ3) is 7.44. The largest absolute Gasteiger partial charge is 0.380 e. The van der Waals surface area contributed by atoms with Gasteiger partial charge in [0.2, 0.25) is 0 Å². The van der Waals surface area contributed by atoms with E-state index in [0.717, 1.165) is 19.0 Å². The van der Waals surface area contributed by atoms with Crippen LogP contribution in [0.25, 0.3) is 0 Å². The standard InChI is InChI=1S/C20H27N3O.HI/c1-16(19-7-5-4-6-8-19)13-22-20(21-2)23-14-17-9-11-18(12-10-17)15-24-3;/h4-12,16H,13-15H2,1-3H3,(H2,21,22,23);1H. The molecule has 0 saturated heterocycles. The summed E-state index contributed by atoms with van der Waals surface area (Å²) in [6, 6.07) is 18.9. The van der Waals surface area contributed by atoms with E-state index in [0.29, 0.717) is 12.5 Å². The molecule has 2 N–H and O–H groups in total. The SMILES string of the molecule is CN=C(NCc1ccc(COC)cc1)NCC(C)c1ccccc1.I. The van der Waals surface area contributed by atoms with Crippen LogP contribution >= 0.6 is 24.0 Å². The van der Waals surface area contributed by atoms with Crippen molar-refractivity contribution < 1.29 is 4.74 Å². The molecule has 4 nitrogen and oxygen atoms in total. The van der Waals surface area contributed by atoms with Crippen molar-refractivity contribution in [2.24, 2.45) is 4.99 Å². The smallest absolute Gasteiger partial charge is 0.191 e. The molecule has 0 saturated carbocycles. The summed E-state index contributed by atoms with van der Waals surface area (Å²) in [5.41, 5.74) is 3.73. The van der Waals surface area contributed by atoms with E-state index in [1.165, 1.54) is 16.7 Å². The number of hydrogen-bond donors (Lipinski definition) is 2. The molecule has 25 heavy (non-hydrogen) atoms. The molecule has 2 aromatic carbocycles. The molecule has 1 unspecified atom stereocenters. The van der Waals surface area contributed by atoms with E-state index in [-0.39, 0.29) is 24.0 Å². The molecule has 136 valence electrons. The van der Waals surface area contributed by atoms with E-state index in [2.05, 4.69) is 71.1 Å². The molecule has 0 aliphatic rings. The van der Waals surface area contributed by atoms with Gasteiger partial charge in [0.1, 0.15) is 0 Å². The molecule has 0 aromatic heterocycles. The molecular formula is C20H28IN3O. The van der Waals surface area contributed by atoms with Crippen molar-refractivity contribution in [3.8, 4) is 0 Å². The highest BCUT2D eigenvalue weighted by Crippen LogP contribution is 2.12. The van der Waals surface area contributed by atoms with Crippen molar-refractivity contribution in [1.29, 1.82) is 0 Å². The maximum absolute atomic E-state index is 5.13. The Balaban J connectivity index is 0.00000312. The molecule has 0 heterocycles. The maximum atomic E-state index is 5.13. The van der Waals surface area contributed by atoms with Gasteiger partial charge in [0.15, 0.2) is 5.96 Å². The van der Waals surface area contributed by atoms with Crippen LogP contribution in [-0.4, -0.2) is 26.7 Å². The van der Waals surface area contributed by atoms with Crippen LogP contribution in [0.1, 0.15) is 29.5 Å². The minimum absolute atomic E-state index is 0. The number of halogens is 1. The van der Waals surface area contributed by atoms with Crippen molar-refractivity contribution in [1.82, 2.24) is 10.6 Å². The number of aliphatic imine (C=N–C) groups is 1. The van der Waals surface area contributed by atoms with Gasteiger partial charge in [0.05, 0.1) is 6.61 Å². The molecule has 2 aromatic rings. The number of methoxy groups -OCH3 is 1. The monoisotopic (exact) mass is 453 g/mol. The van der Waals surface area contributed by atoms with Gasteiger partial charge in [-0.3, -0.25) is 4.99 Å². The van der Waals surface area contributed by atoms with Gasteiger partial charge in [0, 0.05) is 27.2 Å². The maximum Gasteiger partial charge on any atom is 0.191 e. The number of guanidine groups is 1. The fourth-order valence-electron chi connectivity index (χ4n) is 2.48. The lowest BCUT2D eigenvalue weighted by molar-refractivity contribution is 0.185. The van der Waals surface area contributed by atoms with Gasteiger partial charge in [-0.15, -0.1) is 24.0 Å². The number of nitrogens with zero attached hydrogens (tertiary/aromatic N) is 1. The van der Waals surface area contributed by atoms with E-state index in [4.69, 9.17) is 4.74 Å². The molecule has 0 aliphatic heterocycles. The van der Waals surface area contributed by atoms with Crippen molar-refractivity contribution in [2.75, 3.05) is 20.7 Å². The van der Waals surface area contributed by atoms with E-state index in [9.17, 15) is 0 Å². The highest BCUT2D eigenvalue weighted by molar-refractivity contribution is 14.0. The van der Waals surface area contributed by atoms with Crippen LogP contribution in [0.3, 0.4) is 0 Å². The first-order chi connectivity index (χ1) is 11.7. The van der Waals surface area contributed by atoms with Crippen LogP contribution < -0.4 is 10.6 Å². The first-order valence-corrected chi connectivity index (χ1v) is 8.29. The molecule has 0 amide bonds. The first kappa shape index (κ1) is 21.4. The Bertz CT molecular complexity index is 629. The number of benzene rings is 2. The summed E-state index contributed by atoms with van der Waals surface area (Å²) in [4.78, 5) is 4.29. The minimum atomic E-state index is 0. The van der Waals surface area contributed by atoms with Gasteiger partial charge in [-0.1, -0.05) is 61.5 Å². The molecule has 5 heteroatoms. The summed E-state index contributed by atoms with van der Waals surface area (Å²) in [6.45, 7) is 4.45. The Morgan fingerprint density at radius 1 is 1.00 bits per heavy atom. The first-order valence-electron chi connectivity index (χ1n) is 8.29. The minimum Gasteiger partial charge on any atom is -0.380 e. The van der Waals surface area contributed by atoms with Gasteiger partial charge >= 0.3 is 0 Å². The van der Waals surface area contributed by atoms with E-state index < -0.39 is 0 Å². The zero-order valence-electron chi connectivity index (χ0n) is 15.2. The molecule has 0 aliphatic carbocycles. The lowest BCUT2D eigenvalue weighted by Crippen LogP contribution is -2.38. The highest BCUT2D eigenvalue weighted by Gasteiger charge is 2.06. The summed E-state index contributed by atoms with van der Waals surface area (Å²) in [5.74, 6) is 1.25. The number of rotatable bonds is 7. The number of ether oxygens (including phenoxy) is 1. The average Bonchev–Trinajstić information content (AvgIpc) is 2.64. The lowest BCUT2D eigenvalue weighted by atomic mass is 10.0. The molecule has 1 atom stereocenters. The van der Waals surface area contributed by atoms with Crippen molar-refractivity contribution >= 4 is 29.9 Å². The third-order valence-corrected chi connectivity index (χ3v) is 3.96. The van der Waals surface area contributed by atoms with Crippen LogP contribution in [0.5, 0.6) is 0 Å². The fourth-order valence-corrected chi connectivity index (χ4v) is 2.48. The topological polar surface area (TPSA) is 45.7 Å². The average molecular weight is 453 g/mol. The fraction of sp³-hybridized carbons (Fsp3) is 0.350. The molecule has 0 fully saturated rings. The molecular weight excluding hydrogens is 425 g/mol. The number of nitrogens with one attached hydrogen (secondary N) is 2. The Hall–Kier alpha value is -1.60. The van der Waals surface area contributed by atoms with Gasteiger partial charge in [-0.2, -0.15) is 0 Å². The van der Waals surface area contributed by atoms with Crippen LogP contribution in [0, 0.1) is 0 Å². The molecule has 0 radical (unpaired) electrons. The third-order valence-electron chi connectivity index (χ3n) is 3.96. The zero-order chi connectivity index (χ0) is 17.2. The van der Waals surface area contributed by atoms with Crippen molar-refractivity contribution in [3.63, 3.8) is 0 Å². The Labute approximate surface area is 168 Å². The molecule has 0 spiro atoms. The van der Waals surface area contributed by atoms with Gasteiger partial charge in [0.25, 0.3) is 0 Å². The van der Waals surface area contributed by atoms with E-state index in [1.54, 1.807) is 14.2 Å². The Morgan fingerprint density at radius 3 is 2.24 bits per heavy atom. The van der Waals surface area contributed by atoms with Gasteiger partial charge in [-0.25, -0.2) is 0 Å². The van der Waals surface area contributed by atoms with Crippen LogP contribution in [0.4, 0.5) is 0 Å². The zero-order valence-corrected chi connectivity index (χ0v) is 17.5. The second kappa shape index (κ2) is 11.9. The quantitative estimate of drug-likeness (QED) is 0.380. The van der Waals surface area contributed by atoms with Crippen LogP contribution in [0.2, 0.25) is 0 Å². The van der Waals surface area contributed by atoms with Crippen molar-refractivity contribution in [3.05, 3.63) is 71.3 Å².